The molecule has 0 aliphatic carbocycles. The molecule has 0 bridgehead atoms. The molecule has 3 amide bonds. The van der Waals surface area contributed by atoms with E-state index in [1.54, 1.807) is 57.9 Å². The number of likely N-dealkylation sites (N-methyl/N-ethyl adjacent to an activating group) is 1. The van der Waals surface area contributed by atoms with Crippen LogP contribution in [0.25, 0.3) is 0 Å². The number of hydrogen-bond donors (Lipinski definition) is 3. The topological polar surface area (TPSA) is 132 Å². The number of anilines is 1. The molecule has 3 rings (SSSR count). The Morgan fingerprint density at radius 3 is 2.33 bits per heavy atom. The summed E-state index contributed by atoms with van der Waals surface area (Å²) in [7, 11) is 4.94. The van der Waals surface area contributed by atoms with Crippen molar-refractivity contribution in [3.8, 4) is 5.75 Å². The maximum absolute atomic E-state index is 13.3. The molecule has 0 spiro atoms. The van der Waals surface area contributed by atoms with Crippen molar-refractivity contribution in [2.45, 2.75) is 50.7 Å². The predicted octanol–water partition coefficient (Wildman–Crippen LogP) is 2.75. The Bertz CT molecular complexity index is 1250. The Morgan fingerprint density at radius 1 is 1.08 bits per heavy atom. The number of imidazole rings is 1. The SMILES string of the molecule is COc1ccc(C(C(=O)N(C)C)n2cnc(NC(=O)C(CCCc3ccccc3)NC(=O)C(C)(C)N)c2)cc1. The number of ether oxygens (including phenoxy) is 1. The largest absolute Gasteiger partial charge is 0.497 e. The van der Waals surface area contributed by atoms with Crippen LogP contribution in [-0.2, 0) is 20.8 Å². The van der Waals surface area contributed by atoms with Crippen LogP contribution < -0.4 is 21.1 Å². The summed E-state index contributed by atoms with van der Waals surface area (Å²) in [5.74, 6) is -0.0599. The van der Waals surface area contributed by atoms with E-state index in [0.717, 1.165) is 17.5 Å². The highest BCUT2D eigenvalue weighted by Crippen LogP contribution is 2.24. The van der Waals surface area contributed by atoms with Crippen LogP contribution in [0.5, 0.6) is 5.75 Å². The number of carbonyl (C=O) groups is 3. The molecule has 10 nitrogen and oxygen atoms in total. The Hall–Kier alpha value is -4.18. The molecule has 39 heavy (non-hydrogen) atoms. The quantitative estimate of drug-likeness (QED) is 0.327. The monoisotopic (exact) mass is 534 g/mol. The fourth-order valence-corrected chi connectivity index (χ4v) is 4.00. The molecular weight excluding hydrogens is 496 g/mol. The number of aryl methyl sites for hydroxylation is 1. The fourth-order valence-electron chi connectivity index (χ4n) is 4.00. The molecule has 2 atom stereocenters. The van der Waals surface area contributed by atoms with Crippen molar-refractivity contribution in [2.75, 3.05) is 26.5 Å². The van der Waals surface area contributed by atoms with Gasteiger partial charge in [-0.1, -0.05) is 42.5 Å². The van der Waals surface area contributed by atoms with Crippen LogP contribution in [0.1, 0.15) is 43.9 Å². The highest BCUT2D eigenvalue weighted by Gasteiger charge is 2.29. The van der Waals surface area contributed by atoms with E-state index in [0.29, 0.717) is 18.6 Å². The van der Waals surface area contributed by atoms with Gasteiger partial charge in [0, 0.05) is 20.3 Å². The maximum Gasteiger partial charge on any atom is 0.249 e. The van der Waals surface area contributed by atoms with E-state index >= 15 is 0 Å². The fraction of sp³-hybridized carbons (Fsp3) is 0.379. The van der Waals surface area contributed by atoms with E-state index in [2.05, 4.69) is 15.6 Å². The van der Waals surface area contributed by atoms with Crippen LogP contribution in [0.2, 0.25) is 0 Å². The summed E-state index contributed by atoms with van der Waals surface area (Å²) in [6, 6.07) is 15.6. The number of methoxy groups -OCH3 is 1. The van der Waals surface area contributed by atoms with Crippen molar-refractivity contribution in [1.82, 2.24) is 19.8 Å². The van der Waals surface area contributed by atoms with Crippen LogP contribution in [0.15, 0.2) is 67.1 Å². The van der Waals surface area contributed by atoms with E-state index in [-0.39, 0.29) is 11.7 Å². The van der Waals surface area contributed by atoms with Gasteiger partial charge in [0.2, 0.25) is 17.7 Å². The standard InChI is InChI=1S/C29H38N6O4/c1-29(2,30)28(38)32-23(13-9-12-20-10-7-6-8-11-20)26(36)33-24-18-35(19-31-24)25(27(37)34(3)4)21-14-16-22(39-5)17-15-21/h6-8,10-11,14-19,23,25H,9,12-13,30H2,1-5H3,(H,32,38)(H,33,36). The highest BCUT2D eigenvalue weighted by molar-refractivity contribution is 5.97. The molecule has 208 valence electrons. The zero-order valence-corrected chi connectivity index (χ0v) is 23.2. The highest BCUT2D eigenvalue weighted by atomic mass is 16.5. The number of rotatable bonds is 12. The van der Waals surface area contributed by atoms with Crippen molar-refractivity contribution in [2.24, 2.45) is 5.73 Å². The zero-order valence-electron chi connectivity index (χ0n) is 23.2. The molecule has 0 saturated carbocycles. The lowest BCUT2D eigenvalue weighted by Crippen LogP contribution is -2.54. The van der Waals surface area contributed by atoms with Gasteiger partial charge >= 0.3 is 0 Å². The second-order valence-electron chi connectivity index (χ2n) is 10.2. The van der Waals surface area contributed by atoms with E-state index in [4.69, 9.17) is 10.5 Å². The third-order valence-electron chi connectivity index (χ3n) is 6.27. The molecule has 0 radical (unpaired) electrons. The van der Waals surface area contributed by atoms with Crippen LogP contribution in [0.3, 0.4) is 0 Å². The second kappa shape index (κ2) is 13.1. The maximum atomic E-state index is 13.3. The Labute approximate surface area is 229 Å². The van der Waals surface area contributed by atoms with Crippen molar-refractivity contribution >= 4 is 23.5 Å². The lowest BCUT2D eigenvalue weighted by atomic mass is 10.0. The molecule has 2 aromatic carbocycles. The van der Waals surface area contributed by atoms with Crippen LogP contribution >= 0.6 is 0 Å². The number of aromatic nitrogens is 2. The van der Waals surface area contributed by atoms with Crippen LogP contribution in [0.4, 0.5) is 5.82 Å². The van der Waals surface area contributed by atoms with Gasteiger partial charge in [-0.25, -0.2) is 4.98 Å². The molecule has 0 saturated heterocycles. The van der Waals surface area contributed by atoms with Crippen molar-refractivity contribution < 1.29 is 19.1 Å². The summed E-state index contributed by atoms with van der Waals surface area (Å²) in [5, 5.41) is 5.57. The number of nitrogens with one attached hydrogen (secondary N) is 2. The normalized spacial score (nSPS) is 12.8. The molecule has 0 aliphatic heterocycles. The molecule has 0 aliphatic rings. The average Bonchev–Trinajstić information content (AvgIpc) is 3.36. The summed E-state index contributed by atoms with van der Waals surface area (Å²) in [5.41, 5.74) is 6.70. The smallest absolute Gasteiger partial charge is 0.249 e. The van der Waals surface area contributed by atoms with Gasteiger partial charge in [0.15, 0.2) is 5.82 Å². The molecule has 2 unspecified atom stereocenters. The Balaban J connectivity index is 1.77. The number of benzene rings is 2. The van der Waals surface area contributed by atoms with Crippen LogP contribution in [-0.4, -0.2) is 65.0 Å². The predicted molar refractivity (Wildman–Crippen MR) is 150 cm³/mol. The van der Waals surface area contributed by atoms with Crippen molar-refractivity contribution in [3.63, 3.8) is 0 Å². The molecule has 10 heteroatoms. The molecule has 3 aromatic rings. The average molecular weight is 535 g/mol. The van der Waals surface area contributed by atoms with Crippen LogP contribution in [0, 0.1) is 0 Å². The number of hydrogen-bond acceptors (Lipinski definition) is 6. The Morgan fingerprint density at radius 2 is 1.74 bits per heavy atom. The molecule has 1 heterocycles. The third kappa shape index (κ3) is 8.15. The van der Waals surface area contributed by atoms with Gasteiger partial charge in [-0.15, -0.1) is 0 Å². The third-order valence-corrected chi connectivity index (χ3v) is 6.27. The number of carbonyl (C=O) groups excluding carboxylic acids is 3. The lowest BCUT2D eigenvalue weighted by molar-refractivity contribution is -0.131. The summed E-state index contributed by atoms with van der Waals surface area (Å²) in [6.45, 7) is 3.17. The first-order valence-corrected chi connectivity index (χ1v) is 12.8. The van der Waals surface area contributed by atoms with E-state index in [1.165, 1.54) is 11.2 Å². The van der Waals surface area contributed by atoms with Crippen molar-refractivity contribution in [1.29, 1.82) is 0 Å². The summed E-state index contributed by atoms with van der Waals surface area (Å²) >= 11 is 0. The first kappa shape index (κ1) is 29.4. The second-order valence-corrected chi connectivity index (χ2v) is 10.2. The summed E-state index contributed by atoms with van der Waals surface area (Å²) < 4.78 is 6.88. The minimum absolute atomic E-state index is 0.160. The zero-order chi connectivity index (χ0) is 28.6. The van der Waals surface area contributed by atoms with Gasteiger partial charge in [0.25, 0.3) is 0 Å². The Kier molecular flexibility index (Phi) is 9.84. The molecule has 0 fully saturated rings. The van der Waals surface area contributed by atoms with Crippen molar-refractivity contribution in [3.05, 3.63) is 78.2 Å². The summed E-state index contributed by atoms with van der Waals surface area (Å²) in [4.78, 5) is 44.8. The van der Waals surface area contributed by atoms with E-state index in [1.807, 2.05) is 42.5 Å². The van der Waals surface area contributed by atoms with Gasteiger partial charge in [-0.2, -0.15) is 0 Å². The van der Waals surface area contributed by atoms with Gasteiger partial charge in [-0.3, -0.25) is 14.4 Å². The molecular formula is C29H38N6O4. The summed E-state index contributed by atoms with van der Waals surface area (Å²) in [6.07, 6.45) is 4.95. The first-order valence-electron chi connectivity index (χ1n) is 12.8. The van der Waals surface area contributed by atoms with Gasteiger partial charge in [-0.05, 0) is 56.4 Å². The van der Waals surface area contributed by atoms with E-state index in [9.17, 15) is 14.4 Å². The minimum Gasteiger partial charge on any atom is -0.497 e. The number of nitrogens with zero attached hydrogens (tertiary/aromatic N) is 3. The number of nitrogens with two attached hydrogens (primary N) is 1. The van der Waals surface area contributed by atoms with E-state index < -0.39 is 29.4 Å². The van der Waals surface area contributed by atoms with Gasteiger partial charge in [0.1, 0.15) is 17.8 Å². The first-order chi connectivity index (χ1) is 18.5. The number of amides is 3. The van der Waals surface area contributed by atoms with Gasteiger partial charge in [0.05, 0.1) is 19.0 Å². The minimum atomic E-state index is -1.14. The molecule has 1 aromatic heterocycles. The van der Waals surface area contributed by atoms with Gasteiger partial charge < -0.3 is 30.6 Å². The molecule has 4 N–H and O–H groups in total. The lowest BCUT2D eigenvalue weighted by Gasteiger charge is -2.24.